The first-order valence-electron chi connectivity index (χ1n) is 8.46. The van der Waals surface area contributed by atoms with Crippen LogP contribution in [0.15, 0.2) is 36.4 Å². The van der Waals surface area contributed by atoms with Gasteiger partial charge in [-0.25, -0.2) is 4.98 Å². The van der Waals surface area contributed by atoms with Crippen molar-refractivity contribution in [3.8, 4) is 22.8 Å². The van der Waals surface area contributed by atoms with Gasteiger partial charge < -0.3 is 20.5 Å². The van der Waals surface area contributed by atoms with Crippen molar-refractivity contribution in [3.05, 3.63) is 36.4 Å². The van der Waals surface area contributed by atoms with E-state index in [4.69, 9.17) is 15.2 Å². The van der Waals surface area contributed by atoms with Gasteiger partial charge in [0.15, 0.2) is 11.5 Å². The van der Waals surface area contributed by atoms with Crippen LogP contribution in [0, 0.1) is 5.92 Å². The number of anilines is 1. The van der Waals surface area contributed by atoms with Crippen LogP contribution in [-0.4, -0.2) is 30.1 Å². The molecular formula is C19H25Cl2N3O3. The van der Waals surface area contributed by atoms with Crippen LogP contribution in [0.25, 0.3) is 11.3 Å². The van der Waals surface area contributed by atoms with Crippen molar-refractivity contribution in [1.29, 1.82) is 0 Å². The molecule has 0 bridgehead atoms. The minimum atomic E-state index is -0.542. The summed E-state index contributed by atoms with van der Waals surface area (Å²) in [5.74, 6) is 2.06. The van der Waals surface area contributed by atoms with E-state index in [1.54, 1.807) is 6.07 Å². The number of nitrogens with zero attached hydrogens (tertiary/aromatic N) is 1. The summed E-state index contributed by atoms with van der Waals surface area (Å²) in [6.07, 6.45) is 0.633. The first-order valence-corrected chi connectivity index (χ1v) is 8.46. The number of rotatable bonds is 5. The summed E-state index contributed by atoms with van der Waals surface area (Å²) in [5.41, 5.74) is 7.56. The molecule has 0 spiro atoms. The molecule has 0 fully saturated rings. The average molecular weight is 414 g/mol. The lowest BCUT2D eigenvalue weighted by Gasteiger charge is -2.19. The average Bonchev–Trinajstić information content (AvgIpc) is 2.61. The SMILES string of the molecule is CC(C)C[C@H](N)C(=O)Nc1cccc(-c2ccc3c(c2)OCCO3)n1.Cl.Cl. The van der Waals surface area contributed by atoms with E-state index in [0.29, 0.717) is 37.1 Å². The summed E-state index contributed by atoms with van der Waals surface area (Å²) >= 11 is 0. The van der Waals surface area contributed by atoms with Crippen LogP contribution in [0.2, 0.25) is 0 Å². The highest BCUT2D eigenvalue weighted by atomic mass is 35.5. The van der Waals surface area contributed by atoms with Crippen LogP contribution in [0.3, 0.4) is 0 Å². The lowest BCUT2D eigenvalue weighted by molar-refractivity contribution is -0.117. The van der Waals surface area contributed by atoms with E-state index in [1.165, 1.54) is 0 Å². The van der Waals surface area contributed by atoms with Crippen molar-refractivity contribution in [2.45, 2.75) is 26.3 Å². The summed E-state index contributed by atoms with van der Waals surface area (Å²) in [5, 5.41) is 2.79. The molecule has 8 heteroatoms. The topological polar surface area (TPSA) is 86.5 Å². The third-order valence-electron chi connectivity index (χ3n) is 3.90. The molecule has 1 aromatic heterocycles. The fraction of sp³-hybridized carbons (Fsp3) is 0.368. The van der Waals surface area contributed by atoms with Crippen molar-refractivity contribution < 1.29 is 14.3 Å². The zero-order valence-electron chi connectivity index (χ0n) is 15.3. The van der Waals surface area contributed by atoms with Crippen molar-refractivity contribution in [2.75, 3.05) is 18.5 Å². The largest absolute Gasteiger partial charge is 0.486 e. The van der Waals surface area contributed by atoms with Crippen LogP contribution >= 0.6 is 24.8 Å². The van der Waals surface area contributed by atoms with Gasteiger partial charge in [-0.05, 0) is 42.7 Å². The van der Waals surface area contributed by atoms with Crippen LogP contribution in [0.5, 0.6) is 11.5 Å². The molecule has 6 nitrogen and oxygen atoms in total. The summed E-state index contributed by atoms with van der Waals surface area (Å²) in [4.78, 5) is 16.7. The van der Waals surface area contributed by atoms with E-state index < -0.39 is 6.04 Å². The first-order chi connectivity index (χ1) is 12.0. The molecule has 0 unspecified atom stereocenters. The minimum Gasteiger partial charge on any atom is -0.486 e. The van der Waals surface area contributed by atoms with Crippen molar-refractivity contribution in [3.63, 3.8) is 0 Å². The van der Waals surface area contributed by atoms with Crippen molar-refractivity contribution >= 4 is 36.5 Å². The number of hydrogen-bond acceptors (Lipinski definition) is 5. The zero-order valence-corrected chi connectivity index (χ0v) is 16.9. The number of hydrogen-bond donors (Lipinski definition) is 2. The molecule has 1 atom stereocenters. The van der Waals surface area contributed by atoms with Gasteiger partial charge >= 0.3 is 0 Å². The van der Waals surface area contributed by atoms with Crippen molar-refractivity contribution in [1.82, 2.24) is 4.98 Å². The maximum absolute atomic E-state index is 12.2. The number of ether oxygens (including phenoxy) is 2. The second-order valence-electron chi connectivity index (χ2n) is 6.49. The number of halogens is 2. The number of nitrogens with one attached hydrogen (secondary N) is 1. The zero-order chi connectivity index (χ0) is 17.8. The fourth-order valence-electron chi connectivity index (χ4n) is 2.70. The monoisotopic (exact) mass is 413 g/mol. The third kappa shape index (κ3) is 5.99. The molecule has 3 rings (SSSR count). The molecular weight excluding hydrogens is 389 g/mol. The second-order valence-corrected chi connectivity index (χ2v) is 6.49. The maximum Gasteiger partial charge on any atom is 0.242 e. The van der Waals surface area contributed by atoms with E-state index in [0.717, 1.165) is 17.0 Å². The number of amides is 1. The highest BCUT2D eigenvalue weighted by molar-refractivity contribution is 5.94. The standard InChI is InChI=1S/C19H23N3O3.2ClH/c1-12(2)10-14(20)19(23)22-18-5-3-4-15(21-18)13-6-7-16-17(11-13)25-9-8-24-16;;/h3-7,11-12,14H,8-10,20H2,1-2H3,(H,21,22,23);2*1H/t14-;;/m0../s1. The molecule has 1 aromatic carbocycles. The summed E-state index contributed by atoms with van der Waals surface area (Å²) in [6, 6.07) is 10.6. The predicted molar refractivity (Wildman–Crippen MR) is 111 cm³/mol. The van der Waals surface area contributed by atoms with Crippen LogP contribution < -0.4 is 20.5 Å². The van der Waals surface area contributed by atoms with Gasteiger partial charge in [-0.2, -0.15) is 0 Å². The lowest BCUT2D eigenvalue weighted by Crippen LogP contribution is -2.36. The molecule has 27 heavy (non-hydrogen) atoms. The maximum atomic E-state index is 12.2. The molecule has 0 saturated carbocycles. The van der Waals surface area contributed by atoms with E-state index in [2.05, 4.69) is 10.3 Å². The molecule has 0 saturated heterocycles. The Balaban J connectivity index is 0.00000182. The molecule has 0 radical (unpaired) electrons. The normalized spacial score (nSPS) is 13.2. The second kappa shape index (κ2) is 10.3. The Kier molecular flexibility index (Phi) is 8.82. The molecule has 1 aliphatic heterocycles. The van der Waals surface area contributed by atoms with Gasteiger partial charge in [0.05, 0.1) is 11.7 Å². The summed E-state index contributed by atoms with van der Waals surface area (Å²) < 4.78 is 11.1. The molecule has 2 heterocycles. The molecule has 148 valence electrons. The highest BCUT2D eigenvalue weighted by Crippen LogP contribution is 2.34. The van der Waals surface area contributed by atoms with Gasteiger partial charge in [-0.1, -0.05) is 19.9 Å². The van der Waals surface area contributed by atoms with Gasteiger partial charge in [0.1, 0.15) is 19.0 Å². The molecule has 0 aliphatic carbocycles. The summed E-state index contributed by atoms with van der Waals surface area (Å²) in [7, 11) is 0. The molecule has 1 amide bonds. The highest BCUT2D eigenvalue weighted by Gasteiger charge is 2.16. The fourth-order valence-corrected chi connectivity index (χ4v) is 2.70. The van der Waals surface area contributed by atoms with Gasteiger partial charge in [-0.15, -0.1) is 24.8 Å². The quantitative estimate of drug-likeness (QED) is 0.780. The number of benzene rings is 1. The third-order valence-corrected chi connectivity index (χ3v) is 3.90. The number of fused-ring (bicyclic) bond motifs is 1. The Morgan fingerprint density at radius 2 is 1.85 bits per heavy atom. The van der Waals surface area contributed by atoms with E-state index >= 15 is 0 Å². The van der Waals surface area contributed by atoms with Crippen LogP contribution in [-0.2, 0) is 4.79 Å². The van der Waals surface area contributed by atoms with Gasteiger partial charge in [-0.3, -0.25) is 4.79 Å². The summed E-state index contributed by atoms with van der Waals surface area (Å²) in [6.45, 7) is 5.16. The minimum absolute atomic E-state index is 0. The van der Waals surface area contributed by atoms with Crippen molar-refractivity contribution in [2.24, 2.45) is 11.7 Å². The Morgan fingerprint density at radius 1 is 1.15 bits per heavy atom. The molecule has 2 aromatic rings. The Labute approximate surface area is 171 Å². The van der Waals surface area contributed by atoms with Crippen LogP contribution in [0.1, 0.15) is 20.3 Å². The number of nitrogens with two attached hydrogens (primary N) is 1. The Hall–Kier alpha value is -2.02. The first kappa shape index (κ1) is 23.0. The van der Waals surface area contributed by atoms with E-state index in [9.17, 15) is 4.79 Å². The Bertz CT molecular complexity index is 772. The number of carbonyl (C=O) groups is 1. The lowest BCUT2D eigenvalue weighted by atomic mass is 10.0. The Morgan fingerprint density at radius 3 is 2.56 bits per heavy atom. The van der Waals surface area contributed by atoms with Gasteiger partial charge in [0, 0.05) is 5.56 Å². The van der Waals surface area contributed by atoms with E-state index in [-0.39, 0.29) is 30.7 Å². The van der Waals surface area contributed by atoms with Gasteiger partial charge in [0.25, 0.3) is 0 Å². The van der Waals surface area contributed by atoms with Crippen LogP contribution in [0.4, 0.5) is 5.82 Å². The number of aromatic nitrogens is 1. The number of carbonyl (C=O) groups excluding carboxylic acids is 1. The smallest absolute Gasteiger partial charge is 0.242 e. The molecule has 1 aliphatic rings. The van der Waals surface area contributed by atoms with E-state index in [1.807, 2.05) is 44.2 Å². The molecule has 3 N–H and O–H groups in total. The van der Waals surface area contributed by atoms with Gasteiger partial charge in [0.2, 0.25) is 5.91 Å². The number of pyridine rings is 1. The predicted octanol–water partition coefficient (Wildman–Crippen LogP) is 3.68.